The van der Waals surface area contributed by atoms with Gasteiger partial charge < -0.3 is 15.0 Å². The summed E-state index contributed by atoms with van der Waals surface area (Å²) in [5, 5.41) is 4.95. The van der Waals surface area contributed by atoms with Crippen molar-refractivity contribution >= 4 is 33.3 Å². The van der Waals surface area contributed by atoms with Gasteiger partial charge in [0.2, 0.25) is 5.88 Å². The normalized spacial score (nSPS) is 17.5. The van der Waals surface area contributed by atoms with Crippen molar-refractivity contribution in [1.82, 2.24) is 15.2 Å². The zero-order valence-corrected chi connectivity index (χ0v) is 14.3. The van der Waals surface area contributed by atoms with Crippen LogP contribution >= 0.6 is 27.3 Å². The number of amides is 2. The third-order valence-corrected chi connectivity index (χ3v) is 4.76. The quantitative estimate of drug-likeness (QED) is 0.883. The van der Waals surface area contributed by atoms with Crippen molar-refractivity contribution in [2.75, 3.05) is 13.1 Å². The topological polar surface area (TPSA) is 54.5 Å². The Balaban J connectivity index is 1.47. The Labute approximate surface area is 141 Å². The Bertz CT molecular complexity index is 618. The molecule has 1 N–H and O–H groups in total. The molecule has 7 heteroatoms. The van der Waals surface area contributed by atoms with E-state index in [-0.39, 0.29) is 12.1 Å². The second kappa shape index (κ2) is 7.11. The molecule has 5 nitrogen and oxygen atoms in total. The minimum atomic E-state index is -0.0386. The summed E-state index contributed by atoms with van der Waals surface area (Å²) in [5.74, 6) is 0.592. The van der Waals surface area contributed by atoms with Gasteiger partial charge in [-0.1, -0.05) is 6.07 Å². The fourth-order valence-electron chi connectivity index (χ4n) is 2.30. The number of thiophene rings is 1. The van der Waals surface area contributed by atoms with Crippen molar-refractivity contribution in [2.45, 2.75) is 19.1 Å². The molecule has 3 rings (SSSR count). The molecule has 1 aliphatic heterocycles. The highest BCUT2D eigenvalue weighted by Crippen LogP contribution is 2.18. The first-order valence-corrected chi connectivity index (χ1v) is 8.71. The number of ether oxygens (including phenoxy) is 1. The van der Waals surface area contributed by atoms with Gasteiger partial charge in [0.15, 0.2) is 0 Å². The summed E-state index contributed by atoms with van der Waals surface area (Å²) in [5.41, 5.74) is 0. The lowest BCUT2D eigenvalue weighted by atomic mass is 10.3. The van der Waals surface area contributed by atoms with Gasteiger partial charge in [0.05, 0.1) is 13.1 Å². The number of aromatic nitrogens is 1. The summed E-state index contributed by atoms with van der Waals surface area (Å²) >= 11 is 4.98. The van der Waals surface area contributed by atoms with E-state index in [2.05, 4.69) is 26.2 Å². The smallest absolute Gasteiger partial charge is 0.317 e. The molecule has 116 valence electrons. The number of nitrogens with zero attached hydrogens (tertiary/aromatic N) is 2. The van der Waals surface area contributed by atoms with E-state index in [1.807, 2.05) is 29.6 Å². The van der Waals surface area contributed by atoms with Crippen molar-refractivity contribution in [3.05, 3.63) is 45.2 Å². The van der Waals surface area contributed by atoms with E-state index in [1.165, 1.54) is 0 Å². The van der Waals surface area contributed by atoms with E-state index < -0.39 is 0 Å². The average molecular weight is 382 g/mol. The SMILES string of the molecule is O=C(NCc1cccs1)N1CCC(Oc2ccc(Br)cn2)C1. The van der Waals surface area contributed by atoms with Crippen LogP contribution in [0, 0.1) is 0 Å². The van der Waals surface area contributed by atoms with Gasteiger partial charge in [-0.15, -0.1) is 11.3 Å². The second-order valence-electron chi connectivity index (χ2n) is 5.03. The number of carbonyl (C=O) groups excluding carboxylic acids is 1. The number of pyridine rings is 1. The third kappa shape index (κ3) is 3.98. The summed E-state index contributed by atoms with van der Waals surface area (Å²) in [6, 6.07) is 7.67. The van der Waals surface area contributed by atoms with Crippen molar-refractivity contribution in [3.8, 4) is 5.88 Å². The van der Waals surface area contributed by atoms with E-state index in [1.54, 1.807) is 22.4 Å². The largest absolute Gasteiger partial charge is 0.472 e. The lowest BCUT2D eigenvalue weighted by Crippen LogP contribution is -2.38. The molecule has 3 heterocycles. The summed E-state index contributed by atoms with van der Waals surface area (Å²) in [6.45, 7) is 1.87. The average Bonchev–Trinajstić information content (AvgIpc) is 3.19. The minimum Gasteiger partial charge on any atom is -0.472 e. The number of hydrogen-bond acceptors (Lipinski definition) is 4. The maximum atomic E-state index is 12.1. The summed E-state index contributed by atoms with van der Waals surface area (Å²) in [4.78, 5) is 19.3. The van der Waals surface area contributed by atoms with Gasteiger partial charge in [0.1, 0.15) is 6.10 Å². The Morgan fingerprint density at radius 2 is 2.41 bits per heavy atom. The molecule has 1 aliphatic rings. The molecule has 1 saturated heterocycles. The Morgan fingerprint density at radius 3 is 3.14 bits per heavy atom. The first-order chi connectivity index (χ1) is 10.7. The summed E-state index contributed by atoms with van der Waals surface area (Å²) in [6.07, 6.45) is 2.53. The van der Waals surface area contributed by atoms with E-state index >= 15 is 0 Å². The Kier molecular flexibility index (Phi) is 4.94. The van der Waals surface area contributed by atoms with Gasteiger partial charge in [-0.2, -0.15) is 0 Å². The highest BCUT2D eigenvalue weighted by Gasteiger charge is 2.27. The highest BCUT2D eigenvalue weighted by atomic mass is 79.9. The lowest BCUT2D eigenvalue weighted by Gasteiger charge is -2.17. The molecular weight excluding hydrogens is 366 g/mol. The van der Waals surface area contributed by atoms with Crippen LogP contribution in [0.3, 0.4) is 0 Å². The Hall–Kier alpha value is -1.60. The van der Waals surface area contributed by atoms with Crippen molar-refractivity contribution in [2.24, 2.45) is 0 Å². The van der Waals surface area contributed by atoms with E-state index in [4.69, 9.17) is 4.74 Å². The van der Waals surface area contributed by atoms with E-state index in [9.17, 15) is 4.79 Å². The van der Waals surface area contributed by atoms with Gasteiger partial charge in [0, 0.05) is 34.6 Å². The fourth-order valence-corrected chi connectivity index (χ4v) is 3.18. The minimum absolute atomic E-state index is 0.00108. The molecule has 2 aromatic heterocycles. The monoisotopic (exact) mass is 381 g/mol. The fraction of sp³-hybridized carbons (Fsp3) is 0.333. The number of nitrogens with one attached hydrogen (secondary N) is 1. The third-order valence-electron chi connectivity index (χ3n) is 3.41. The van der Waals surface area contributed by atoms with Crippen LogP contribution in [0.15, 0.2) is 40.3 Å². The zero-order valence-electron chi connectivity index (χ0n) is 11.9. The predicted molar refractivity (Wildman–Crippen MR) is 89.1 cm³/mol. The molecule has 1 fully saturated rings. The Morgan fingerprint density at radius 1 is 1.50 bits per heavy atom. The van der Waals surface area contributed by atoms with Crippen LogP contribution in [0.5, 0.6) is 5.88 Å². The second-order valence-corrected chi connectivity index (χ2v) is 6.98. The predicted octanol–water partition coefficient (Wildman–Crippen LogP) is 3.27. The molecular formula is C15H16BrN3O2S. The van der Waals surface area contributed by atoms with Crippen LogP contribution in [0.25, 0.3) is 0 Å². The van der Waals surface area contributed by atoms with Crippen LogP contribution in [-0.2, 0) is 6.54 Å². The van der Waals surface area contributed by atoms with Crippen LogP contribution in [0.2, 0.25) is 0 Å². The molecule has 0 aliphatic carbocycles. The van der Waals surface area contributed by atoms with Crippen LogP contribution < -0.4 is 10.1 Å². The standard InChI is InChI=1S/C15H16BrN3O2S/c16-11-3-4-14(17-8-11)21-12-5-6-19(10-12)15(20)18-9-13-2-1-7-22-13/h1-4,7-8,12H,5-6,9-10H2,(H,18,20). The van der Waals surface area contributed by atoms with E-state index in [0.29, 0.717) is 25.5 Å². The van der Waals surface area contributed by atoms with Crippen LogP contribution in [0.4, 0.5) is 4.79 Å². The lowest BCUT2D eigenvalue weighted by molar-refractivity contribution is 0.183. The summed E-state index contributed by atoms with van der Waals surface area (Å²) < 4.78 is 6.73. The molecule has 0 saturated carbocycles. The molecule has 0 spiro atoms. The first-order valence-electron chi connectivity index (χ1n) is 7.04. The molecule has 1 atom stereocenters. The molecule has 0 aromatic carbocycles. The van der Waals surface area contributed by atoms with Crippen molar-refractivity contribution < 1.29 is 9.53 Å². The number of rotatable bonds is 4. The molecule has 22 heavy (non-hydrogen) atoms. The van der Waals surface area contributed by atoms with Crippen LogP contribution in [-0.4, -0.2) is 35.1 Å². The molecule has 0 radical (unpaired) electrons. The molecule has 0 bridgehead atoms. The van der Waals surface area contributed by atoms with Gasteiger partial charge in [0.25, 0.3) is 0 Å². The maximum absolute atomic E-state index is 12.1. The van der Waals surface area contributed by atoms with Crippen molar-refractivity contribution in [1.29, 1.82) is 0 Å². The highest BCUT2D eigenvalue weighted by molar-refractivity contribution is 9.10. The number of halogens is 1. The van der Waals surface area contributed by atoms with Gasteiger partial charge in [-0.3, -0.25) is 0 Å². The molecule has 2 aromatic rings. The van der Waals surface area contributed by atoms with Gasteiger partial charge in [-0.05, 0) is 33.4 Å². The van der Waals surface area contributed by atoms with Crippen molar-refractivity contribution in [3.63, 3.8) is 0 Å². The number of hydrogen-bond donors (Lipinski definition) is 1. The van der Waals surface area contributed by atoms with Gasteiger partial charge in [-0.25, -0.2) is 9.78 Å². The zero-order chi connectivity index (χ0) is 15.4. The first kappa shape index (κ1) is 15.3. The van der Waals surface area contributed by atoms with Gasteiger partial charge >= 0.3 is 6.03 Å². The molecule has 2 amide bonds. The molecule has 1 unspecified atom stereocenters. The van der Waals surface area contributed by atoms with E-state index in [0.717, 1.165) is 15.8 Å². The number of likely N-dealkylation sites (tertiary alicyclic amines) is 1. The maximum Gasteiger partial charge on any atom is 0.317 e. The summed E-state index contributed by atoms with van der Waals surface area (Å²) in [7, 11) is 0. The number of carbonyl (C=O) groups is 1. The van der Waals surface area contributed by atoms with Crippen LogP contribution in [0.1, 0.15) is 11.3 Å². The number of urea groups is 1.